The minimum absolute atomic E-state index is 0.00182. The van der Waals surface area contributed by atoms with Gasteiger partial charge < -0.3 is 9.30 Å². The number of rotatable bonds is 3. The molecule has 3 aromatic rings. The van der Waals surface area contributed by atoms with Crippen LogP contribution in [0.3, 0.4) is 0 Å². The second-order valence-electron chi connectivity index (χ2n) is 5.30. The maximum atomic E-state index is 12.7. The van der Waals surface area contributed by atoms with Crippen molar-refractivity contribution in [1.29, 1.82) is 0 Å². The van der Waals surface area contributed by atoms with E-state index in [0.717, 1.165) is 22.0 Å². The third-order valence-electron chi connectivity index (χ3n) is 3.89. The number of fused-ring (bicyclic) bond motifs is 1. The number of benzene rings is 2. The van der Waals surface area contributed by atoms with E-state index >= 15 is 0 Å². The molecule has 1 heterocycles. The Labute approximate surface area is 132 Å². The number of alkyl halides is 2. The minimum atomic E-state index is -2.47. The van der Waals surface area contributed by atoms with E-state index in [1.165, 1.54) is 19.2 Å². The molecule has 118 valence electrons. The summed E-state index contributed by atoms with van der Waals surface area (Å²) in [5.41, 5.74) is 3.13. The SMILES string of the molecule is COC(=O)c1ccc2c(-c3ccc(C(F)F)cc3)cn(C)c2c1. The molecule has 0 saturated heterocycles. The molecule has 0 radical (unpaired) electrons. The van der Waals surface area contributed by atoms with E-state index in [2.05, 4.69) is 0 Å². The Morgan fingerprint density at radius 3 is 2.43 bits per heavy atom. The number of aromatic nitrogens is 1. The van der Waals surface area contributed by atoms with Crippen molar-refractivity contribution >= 4 is 16.9 Å². The Hall–Kier alpha value is -2.69. The van der Waals surface area contributed by atoms with Crippen LogP contribution in [-0.4, -0.2) is 17.6 Å². The number of esters is 1. The summed E-state index contributed by atoms with van der Waals surface area (Å²) in [6.45, 7) is 0. The molecule has 0 spiro atoms. The number of carbonyl (C=O) groups is 1. The average Bonchev–Trinajstić information content (AvgIpc) is 2.90. The molecule has 0 aliphatic rings. The topological polar surface area (TPSA) is 31.2 Å². The van der Waals surface area contributed by atoms with E-state index in [9.17, 15) is 13.6 Å². The summed E-state index contributed by atoms with van der Waals surface area (Å²) in [7, 11) is 3.22. The smallest absolute Gasteiger partial charge is 0.337 e. The second kappa shape index (κ2) is 5.83. The van der Waals surface area contributed by atoms with Crippen LogP contribution in [-0.2, 0) is 11.8 Å². The summed E-state index contributed by atoms with van der Waals surface area (Å²) in [5.74, 6) is -0.393. The van der Waals surface area contributed by atoms with Crippen LogP contribution in [0.1, 0.15) is 22.3 Å². The quantitative estimate of drug-likeness (QED) is 0.663. The Bertz CT molecular complexity index is 867. The van der Waals surface area contributed by atoms with Gasteiger partial charge in [-0.15, -0.1) is 0 Å². The summed E-state index contributed by atoms with van der Waals surface area (Å²) >= 11 is 0. The zero-order chi connectivity index (χ0) is 16.6. The van der Waals surface area contributed by atoms with E-state index in [-0.39, 0.29) is 5.56 Å². The van der Waals surface area contributed by atoms with Gasteiger partial charge in [-0.2, -0.15) is 0 Å². The van der Waals surface area contributed by atoms with Crippen molar-refractivity contribution in [1.82, 2.24) is 4.57 Å². The highest BCUT2D eigenvalue weighted by molar-refractivity contribution is 6.00. The van der Waals surface area contributed by atoms with Gasteiger partial charge in [0.15, 0.2) is 0 Å². The van der Waals surface area contributed by atoms with Crippen molar-refractivity contribution in [3.05, 3.63) is 59.8 Å². The van der Waals surface area contributed by atoms with Crippen LogP contribution in [0.5, 0.6) is 0 Å². The summed E-state index contributed by atoms with van der Waals surface area (Å²) in [4.78, 5) is 11.6. The predicted octanol–water partition coefficient (Wildman–Crippen LogP) is 4.57. The number of carbonyl (C=O) groups excluding carboxylic acids is 1. The standard InChI is InChI=1S/C18H15F2NO2/c1-21-10-15(11-3-5-12(6-4-11)17(19)20)14-8-7-13(9-16(14)21)18(22)23-2/h3-10,17H,1-2H3. The fourth-order valence-electron chi connectivity index (χ4n) is 2.67. The van der Waals surface area contributed by atoms with Crippen LogP contribution in [0.15, 0.2) is 48.7 Å². The summed E-state index contributed by atoms with van der Waals surface area (Å²) < 4.78 is 32.0. The number of halogens is 2. The highest BCUT2D eigenvalue weighted by Gasteiger charge is 2.13. The molecule has 0 N–H and O–H groups in total. The summed E-state index contributed by atoms with van der Waals surface area (Å²) in [6.07, 6.45) is -0.553. The lowest BCUT2D eigenvalue weighted by Crippen LogP contribution is -2.00. The zero-order valence-corrected chi connectivity index (χ0v) is 12.7. The summed E-state index contributed by atoms with van der Waals surface area (Å²) in [5, 5.41) is 0.949. The third kappa shape index (κ3) is 2.70. The van der Waals surface area contributed by atoms with Gasteiger partial charge >= 0.3 is 5.97 Å². The molecule has 2 aromatic carbocycles. The molecule has 0 amide bonds. The van der Waals surface area contributed by atoms with Crippen molar-refractivity contribution in [2.45, 2.75) is 6.43 Å². The predicted molar refractivity (Wildman–Crippen MR) is 84.7 cm³/mol. The van der Waals surface area contributed by atoms with E-state index in [4.69, 9.17) is 4.74 Å². The lowest BCUT2D eigenvalue weighted by molar-refractivity contribution is 0.0601. The number of ether oxygens (including phenoxy) is 1. The molecule has 23 heavy (non-hydrogen) atoms. The van der Waals surface area contributed by atoms with Gasteiger partial charge in [-0.1, -0.05) is 30.3 Å². The molecule has 3 rings (SSSR count). The summed E-state index contributed by atoms with van der Waals surface area (Å²) in [6, 6.07) is 11.5. The van der Waals surface area contributed by atoms with Gasteiger partial charge in [-0.3, -0.25) is 0 Å². The first-order valence-electron chi connectivity index (χ1n) is 7.07. The molecule has 1 aromatic heterocycles. The van der Waals surface area contributed by atoms with Crippen molar-refractivity contribution in [3.8, 4) is 11.1 Å². The van der Waals surface area contributed by atoms with Crippen LogP contribution < -0.4 is 0 Å². The zero-order valence-electron chi connectivity index (χ0n) is 12.7. The monoisotopic (exact) mass is 315 g/mol. The van der Waals surface area contributed by atoms with Crippen LogP contribution >= 0.6 is 0 Å². The van der Waals surface area contributed by atoms with Crippen LogP contribution in [0.25, 0.3) is 22.0 Å². The lowest BCUT2D eigenvalue weighted by atomic mass is 10.0. The molecule has 0 saturated carbocycles. The first kappa shape index (κ1) is 15.2. The van der Waals surface area contributed by atoms with E-state index < -0.39 is 12.4 Å². The molecule has 0 aliphatic heterocycles. The Morgan fingerprint density at radius 1 is 1.13 bits per heavy atom. The van der Waals surface area contributed by atoms with E-state index in [0.29, 0.717) is 5.56 Å². The van der Waals surface area contributed by atoms with Gasteiger partial charge in [0.2, 0.25) is 0 Å². The van der Waals surface area contributed by atoms with Crippen LogP contribution in [0, 0.1) is 0 Å². The second-order valence-corrected chi connectivity index (χ2v) is 5.30. The highest BCUT2D eigenvalue weighted by atomic mass is 19.3. The van der Waals surface area contributed by atoms with E-state index in [1.807, 2.05) is 23.9 Å². The number of methoxy groups -OCH3 is 1. The first-order chi connectivity index (χ1) is 11.0. The lowest BCUT2D eigenvalue weighted by Gasteiger charge is -2.04. The molecule has 0 bridgehead atoms. The minimum Gasteiger partial charge on any atom is -0.465 e. The largest absolute Gasteiger partial charge is 0.465 e. The van der Waals surface area contributed by atoms with Gasteiger partial charge in [0.05, 0.1) is 12.7 Å². The molecule has 0 fully saturated rings. The molecule has 0 atom stereocenters. The maximum absolute atomic E-state index is 12.7. The first-order valence-corrected chi connectivity index (χ1v) is 7.07. The fraction of sp³-hybridized carbons (Fsp3) is 0.167. The molecular formula is C18H15F2NO2. The normalized spacial score (nSPS) is 11.2. The van der Waals surface area contributed by atoms with Crippen molar-refractivity contribution in [2.24, 2.45) is 7.05 Å². The van der Waals surface area contributed by atoms with Gasteiger partial charge in [-0.25, -0.2) is 13.6 Å². The molecule has 3 nitrogen and oxygen atoms in total. The van der Waals surface area contributed by atoms with E-state index in [1.54, 1.807) is 24.3 Å². The number of nitrogens with zero attached hydrogens (tertiary/aromatic N) is 1. The van der Waals surface area contributed by atoms with Crippen LogP contribution in [0.4, 0.5) is 8.78 Å². The molecule has 0 aliphatic carbocycles. The molecule has 5 heteroatoms. The van der Waals surface area contributed by atoms with Crippen LogP contribution in [0.2, 0.25) is 0 Å². The Balaban J connectivity index is 2.10. The Morgan fingerprint density at radius 2 is 1.83 bits per heavy atom. The number of aryl methyl sites for hydroxylation is 1. The fourth-order valence-corrected chi connectivity index (χ4v) is 2.67. The van der Waals surface area contributed by atoms with Gasteiger partial charge in [0.1, 0.15) is 0 Å². The molecular weight excluding hydrogens is 300 g/mol. The number of hydrogen-bond acceptors (Lipinski definition) is 2. The van der Waals surface area contributed by atoms with Crippen molar-refractivity contribution in [2.75, 3.05) is 7.11 Å². The average molecular weight is 315 g/mol. The van der Waals surface area contributed by atoms with Gasteiger partial charge in [-0.05, 0) is 17.7 Å². The van der Waals surface area contributed by atoms with Crippen molar-refractivity contribution in [3.63, 3.8) is 0 Å². The van der Waals surface area contributed by atoms with Gasteiger partial charge in [0.25, 0.3) is 6.43 Å². The van der Waals surface area contributed by atoms with Crippen molar-refractivity contribution < 1.29 is 18.3 Å². The maximum Gasteiger partial charge on any atom is 0.337 e. The van der Waals surface area contributed by atoms with Gasteiger partial charge in [0, 0.05) is 35.3 Å². The molecule has 0 unspecified atom stereocenters. The third-order valence-corrected chi connectivity index (χ3v) is 3.89. The highest BCUT2D eigenvalue weighted by Crippen LogP contribution is 2.32. The Kier molecular flexibility index (Phi) is 3.86. The number of hydrogen-bond donors (Lipinski definition) is 0.